The number of hydrogen-bond acceptors (Lipinski definition) is 4. The van der Waals surface area contributed by atoms with Crippen molar-refractivity contribution in [1.82, 2.24) is 4.98 Å². The molecule has 0 saturated heterocycles. The average Bonchev–Trinajstić information content (AvgIpc) is 2.89. The molecule has 0 amide bonds. The molecular weight excluding hydrogens is 473 g/mol. The molecule has 0 aliphatic carbocycles. The van der Waals surface area contributed by atoms with Crippen LogP contribution in [0.3, 0.4) is 0 Å². The SMILES string of the molecule is CCCCCCCCCCCCCOS(=O)(=O)CCCCCCCCCCCCF.c1ccncc1. The number of aromatic nitrogens is 1. The summed E-state index contributed by atoms with van der Waals surface area (Å²) in [5.41, 5.74) is 0. The van der Waals surface area contributed by atoms with Crippen LogP contribution in [0.2, 0.25) is 0 Å². The molecule has 1 rings (SSSR count). The maximum atomic E-state index is 12.0. The molecule has 0 saturated carbocycles. The fraction of sp³-hybridized carbons (Fsp3) is 0.833. The van der Waals surface area contributed by atoms with Gasteiger partial charge in [-0.3, -0.25) is 13.6 Å². The number of halogens is 1. The molecule has 4 nitrogen and oxygen atoms in total. The quantitative estimate of drug-likeness (QED) is 0.0934. The van der Waals surface area contributed by atoms with Gasteiger partial charge in [0.2, 0.25) is 0 Å². The molecule has 1 aromatic rings. The van der Waals surface area contributed by atoms with Gasteiger partial charge in [-0.05, 0) is 31.4 Å². The minimum absolute atomic E-state index is 0.161. The second kappa shape index (κ2) is 28.6. The molecule has 0 atom stereocenters. The predicted molar refractivity (Wildman–Crippen MR) is 153 cm³/mol. The smallest absolute Gasteiger partial charge is 0.267 e. The predicted octanol–water partition coefficient (Wildman–Crippen LogP) is 9.60. The summed E-state index contributed by atoms with van der Waals surface area (Å²) in [5, 5.41) is 0. The molecule has 1 heterocycles. The van der Waals surface area contributed by atoms with Crippen molar-refractivity contribution in [3.05, 3.63) is 30.6 Å². The summed E-state index contributed by atoms with van der Waals surface area (Å²) in [6.07, 6.45) is 27.7. The molecule has 0 aromatic carbocycles. The van der Waals surface area contributed by atoms with Gasteiger partial charge in [-0.2, -0.15) is 8.42 Å². The van der Waals surface area contributed by atoms with E-state index in [1.165, 1.54) is 83.5 Å². The summed E-state index contributed by atoms with van der Waals surface area (Å²) in [6, 6.07) is 5.72. The topological polar surface area (TPSA) is 56.3 Å². The summed E-state index contributed by atoms with van der Waals surface area (Å²) in [4.78, 5) is 3.78. The number of alkyl halides is 1. The molecule has 0 bridgehead atoms. The fourth-order valence-corrected chi connectivity index (χ4v) is 5.16. The Morgan fingerprint density at radius 3 is 1.39 bits per heavy atom. The third-order valence-corrected chi connectivity index (χ3v) is 7.67. The first kappa shape index (κ1) is 35.0. The van der Waals surface area contributed by atoms with Gasteiger partial charge in [0.1, 0.15) is 0 Å². The highest BCUT2D eigenvalue weighted by atomic mass is 32.2. The fourth-order valence-electron chi connectivity index (χ4n) is 4.11. The monoisotopic (exact) mass is 529 g/mol. The van der Waals surface area contributed by atoms with Crippen LogP contribution in [0.15, 0.2) is 30.6 Å². The van der Waals surface area contributed by atoms with E-state index in [9.17, 15) is 12.8 Å². The van der Waals surface area contributed by atoms with Crippen molar-refractivity contribution in [3.8, 4) is 0 Å². The second-order valence-electron chi connectivity index (χ2n) is 9.87. The standard InChI is InChI=1S/C25H51FO3S.C5H5N/c1-2-3-4-5-6-7-9-12-15-18-21-24-29-30(27,28)25-22-19-16-13-10-8-11-14-17-20-23-26;1-2-4-6-5-3-1/h2-25H2,1H3;1-5H. The van der Waals surface area contributed by atoms with Gasteiger partial charge in [-0.25, -0.2) is 0 Å². The number of pyridine rings is 1. The van der Waals surface area contributed by atoms with E-state index in [0.29, 0.717) is 19.4 Å². The minimum atomic E-state index is -3.33. The third kappa shape index (κ3) is 29.2. The van der Waals surface area contributed by atoms with Gasteiger partial charge in [-0.15, -0.1) is 0 Å². The molecular formula is C30H56FNO3S. The summed E-state index contributed by atoms with van der Waals surface area (Å²) in [5.74, 6) is 0.161. The Hall–Kier alpha value is -1.01. The second-order valence-corrected chi connectivity index (χ2v) is 11.6. The van der Waals surface area contributed by atoms with Crippen LogP contribution >= 0.6 is 0 Å². The minimum Gasteiger partial charge on any atom is -0.270 e. The Morgan fingerprint density at radius 1 is 0.583 bits per heavy atom. The van der Waals surface area contributed by atoms with Gasteiger partial charge in [0, 0.05) is 12.4 Å². The van der Waals surface area contributed by atoms with Crippen molar-refractivity contribution in [2.75, 3.05) is 19.0 Å². The Balaban J connectivity index is 0.00000176. The zero-order chi connectivity index (χ0) is 26.4. The maximum absolute atomic E-state index is 12.0. The van der Waals surface area contributed by atoms with E-state index < -0.39 is 10.1 Å². The molecule has 0 unspecified atom stereocenters. The molecule has 0 spiro atoms. The largest absolute Gasteiger partial charge is 0.270 e. The van der Waals surface area contributed by atoms with Gasteiger partial charge >= 0.3 is 0 Å². The van der Waals surface area contributed by atoms with Crippen LogP contribution in [-0.4, -0.2) is 32.4 Å². The van der Waals surface area contributed by atoms with Gasteiger partial charge < -0.3 is 0 Å². The van der Waals surface area contributed by atoms with E-state index in [4.69, 9.17) is 4.18 Å². The van der Waals surface area contributed by atoms with Crippen LogP contribution in [0, 0.1) is 0 Å². The number of rotatable bonds is 25. The van der Waals surface area contributed by atoms with E-state index in [1.54, 1.807) is 12.4 Å². The van der Waals surface area contributed by atoms with Crippen LogP contribution in [0.1, 0.15) is 142 Å². The van der Waals surface area contributed by atoms with Crippen molar-refractivity contribution < 1.29 is 17.0 Å². The number of unbranched alkanes of at least 4 members (excludes halogenated alkanes) is 19. The molecule has 6 heteroatoms. The first-order valence-electron chi connectivity index (χ1n) is 14.9. The van der Waals surface area contributed by atoms with Crippen molar-refractivity contribution in [2.45, 2.75) is 142 Å². The summed E-state index contributed by atoms with van der Waals surface area (Å²) < 4.78 is 41.0. The third-order valence-electron chi connectivity index (χ3n) is 6.36. The number of hydrogen-bond donors (Lipinski definition) is 0. The normalized spacial score (nSPS) is 11.3. The van der Waals surface area contributed by atoms with Crippen molar-refractivity contribution in [2.24, 2.45) is 0 Å². The van der Waals surface area contributed by atoms with E-state index >= 15 is 0 Å². The number of nitrogens with zero attached hydrogens (tertiary/aromatic N) is 1. The molecule has 212 valence electrons. The lowest BCUT2D eigenvalue weighted by Crippen LogP contribution is -2.11. The van der Waals surface area contributed by atoms with Crippen molar-refractivity contribution in [3.63, 3.8) is 0 Å². The molecule has 1 aromatic heterocycles. The first-order chi connectivity index (χ1) is 17.6. The Morgan fingerprint density at radius 2 is 1.00 bits per heavy atom. The van der Waals surface area contributed by atoms with E-state index in [-0.39, 0.29) is 12.4 Å². The van der Waals surface area contributed by atoms with Gasteiger partial charge in [0.15, 0.2) is 0 Å². The highest BCUT2D eigenvalue weighted by Crippen LogP contribution is 2.13. The summed E-state index contributed by atoms with van der Waals surface area (Å²) in [6.45, 7) is 2.41. The summed E-state index contributed by atoms with van der Waals surface area (Å²) in [7, 11) is -3.33. The maximum Gasteiger partial charge on any atom is 0.267 e. The van der Waals surface area contributed by atoms with Crippen molar-refractivity contribution >= 4 is 10.1 Å². The Labute approximate surface area is 223 Å². The van der Waals surface area contributed by atoms with Gasteiger partial charge in [0.25, 0.3) is 10.1 Å². The van der Waals surface area contributed by atoms with Crippen LogP contribution in [0.5, 0.6) is 0 Å². The summed E-state index contributed by atoms with van der Waals surface area (Å²) >= 11 is 0. The van der Waals surface area contributed by atoms with E-state index in [2.05, 4.69) is 11.9 Å². The highest BCUT2D eigenvalue weighted by molar-refractivity contribution is 7.86. The lowest BCUT2D eigenvalue weighted by molar-refractivity contribution is 0.305. The Kier molecular flexibility index (Phi) is 27.8. The van der Waals surface area contributed by atoms with Gasteiger partial charge in [-0.1, -0.05) is 129 Å². The molecule has 0 fully saturated rings. The molecule has 0 aliphatic heterocycles. The first-order valence-corrected chi connectivity index (χ1v) is 16.5. The molecule has 0 N–H and O–H groups in total. The molecule has 0 aliphatic rings. The van der Waals surface area contributed by atoms with Crippen LogP contribution < -0.4 is 0 Å². The highest BCUT2D eigenvalue weighted by Gasteiger charge is 2.10. The van der Waals surface area contributed by atoms with Gasteiger partial charge in [0.05, 0.1) is 19.0 Å². The van der Waals surface area contributed by atoms with E-state index in [0.717, 1.165) is 38.5 Å². The Bertz CT molecular complexity index is 602. The van der Waals surface area contributed by atoms with E-state index in [1.807, 2.05) is 18.2 Å². The zero-order valence-electron chi connectivity index (χ0n) is 23.3. The van der Waals surface area contributed by atoms with Crippen LogP contribution in [-0.2, 0) is 14.3 Å². The average molecular weight is 530 g/mol. The van der Waals surface area contributed by atoms with Crippen LogP contribution in [0.4, 0.5) is 4.39 Å². The van der Waals surface area contributed by atoms with Crippen molar-refractivity contribution in [1.29, 1.82) is 0 Å². The molecule has 36 heavy (non-hydrogen) atoms. The van der Waals surface area contributed by atoms with Crippen LogP contribution in [0.25, 0.3) is 0 Å². The lowest BCUT2D eigenvalue weighted by atomic mass is 10.1. The molecule has 0 radical (unpaired) electrons. The zero-order valence-corrected chi connectivity index (χ0v) is 24.1. The lowest BCUT2D eigenvalue weighted by Gasteiger charge is -2.06.